The molecular weight excluding hydrogens is 336 g/mol. The molecule has 2 N–H and O–H groups in total. The number of hydrogen-bond donors (Lipinski definition) is 2. The van der Waals surface area contributed by atoms with Gasteiger partial charge in [0.1, 0.15) is 0 Å². The highest BCUT2D eigenvalue weighted by molar-refractivity contribution is 7.89. The summed E-state index contributed by atoms with van der Waals surface area (Å²) < 4.78 is 26.4. The maximum absolute atomic E-state index is 12.5. The Balaban J connectivity index is 1.91. The molecule has 0 aromatic heterocycles. The quantitative estimate of drug-likeness (QED) is 0.755. The van der Waals surface area contributed by atoms with E-state index in [-0.39, 0.29) is 10.8 Å². The summed E-state index contributed by atoms with van der Waals surface area (Å²) in [5, 5.41) is 4.78. The third-order valence-corrected chi connectivity index (χ3v) is 5.57. The van der Waals surface area contributed by atoms with Crippen molar-refractivity contribution in [3.8, 4) is 0 Å². The zero-order chi connectivity index (χ0) is 18.0. The first kappa shape index (κ1) is 17.1. The maximum atomic E-state index is 12.5. The lowest BCUT2D eigenvalue weighted by molar-refractivity contribution is 0.102. The van der Waals surface area contributed by atoms with Crippen LogP contribution in [0.15, 0.2) is 65.6 Å². The van der Waals surface area contributed by atoms with E-state index in [1.165, 1.54) is 13.1 Å². The molecule has 128 valence electrons. The summed E-state index contributed by atoms with van der Waals surface area (Å²) >= 11 is 0. The van der Waals surface area contributed by atoms with Crippen molar-refractivity contribution in [1.82, 2.24) is 4.72 Å². The van der Waals surface area contributed by atoms with E-state index in [9.17, 15) is 13.2 Å². The topological polar surface area (TPSA) is 75.3 Å². The highest BCUT2D eigenvalue weighted by Crippen LogP contribution is 2.21. The second-order valence-corrected chi connectivity index (χ2v) is 7.56. The Hall–Kier alpha value is -2.70. The van der Waals surface area contributed by atoms with Gasteiger partial charge in [-0.05, 0) is 54.6 Å². The summed E-state index contributed by atoms with van der Waals surface area (Å²) in [6.07, 6.45) is 0. The van der Waals surface area contributed by atoms with Crippen molar-refractivity contribution in [3.05, 3.63) is 71.8 Å². The van der Waals surface area contributed by atoms with E-state index in [0.29, 0.717) is 16.8 Å². The summed E-state index contributed by atoms with van der Waals surface area (Å²) in [7, 11) is -2.23. The number of benzene rings is 3. The predicted octanol–water partition coefficient (Wildman–Crippen LogP) is 3.31. The maximum Gasteiger partial charge on any atom is 0.255 e. The molecule has 0 fully saturated rings. The number of carbonyl (C=O) groups is 1. The van der Waals surface area contributed by atoms with Gasteiger partial charge in [0.05, 0.1) is 4.90 Å². The second-order valence-electron chi connectivity index (χ2n) is 5.70. The molecule has 3 aromatic carbocycles. The summed E-state index contributed by atoms with van der Waals surface area (Å²) in [6.45, 7) is 1.71. The summed E-state index contributed by atoms with van der Waals surface area (Å²) in [5.41, 5.74) is 1.55. The van der Waals surface area contributed by atoms with Gasteiger partial charge in [-0.3, -0.25) is 4.79 Å². The van der Waals surface area contributed by atoms with Crippen LogP contribution < -0.4 is 10.0 Å². The lowest BCUT2D eigenvalue weighted by atomic mass is 10.1. The molecule has 0 aliphatic heterocycles. The minimum atomic E-state index is -3.58. The molecule has 6 heteroatoms. The number of carbonyl (C=O) groups excluding carboxylic acids is 1. The van der Waals surface area contributed by atoms with Gasteiger partial charge < -0.3 is 5.32 Å². The highest BCUT2D eigenvalue weighted by atomic mass is 32.2. The van der Waals surface area contributed by atoms with Gasteiger partial charge in [-0.25, -0.2) is 13.1 Å². The van der Waals surface area contributed by atoms with Crippen molar-refractivity contribution in [2.45, 2.75) is 11.8 Å². The molecule has 0 spiro atoms. The zero-order valence-corrected chi connectivity index (χ0v) is 14.7. The Labute approximate surface area is 146 Å². The zero-order valence-electron chi connectivity index (χ0n) is 13.9. The van der Waals surface area contributed by atoms with Crippen LogP contribution in [0, 0.1) is 6.92 Å². The Kier molecular flexibility index (Phi) is 4.57. The number of sulfonamides is 1. The largest absolute Gasteiger partial charge is 0.322 e. The minimum Gasteiger partial charge on any atom is -0.322 e. The molecule has 0 bridgehead atoms. The standard InChI is InChI=1S/C19H18N2O3S/c1-13-7-10-17(12-18(13)25(23,24)20-2)21-19(22)16-9-8-14-5-3-4-6-15(14)11-16/h3-12,20H,1-2H3,(H,21,22). The molecular formula is C19H18N2O3S. The number of amides is 1. The molecule has 0 heterocycles. The normalized spacial score (nSPS) is 11.4. The first-order valence-electron chi connectivity index (χ1n) is 7.75. The van der Waals surface area contributed by atoms with Crippen molar-refractivity contribution < 1.29 is 13.2 Å². The van der Waals surface area contributed by atoms with Gasteiger partial charge in [-0.1, -0.05) is 36.4 Å². The van der Waals surface area contributed by atoms with E-state index in [1.807, 2.05) is 36.4 Å². The van der Waals surface area contributed by atoms with Crippen molar-refractivity contribution in [1.29, 1.82) is 0 Å². The average Bonchev–Trinajstić information content (AvgIpc) is 2.62. The van der Waals surface area contributed by atoms with Gasteiger partial charge in [-0.2, -0.15) is 0 Å². The van der Waals surface area contributed by atoms with Gasteiger partial charge in [-0.15, -0.1) is 0 Å². The van der Waals surface area contributed by atoms with E-state index in [2.05, 4.69) is 10.0 Å². The van der Waals surface area contributed by atoms with Crippen LogP contribution >= 0.6 is 0 Å². The van der Waals surface area contributed by atoms with Crippen LogP contribution in [0.1, 0.15) is 15.9 Å². The second kappa shape index (κ2) is 6.66. The Morgan fingerprint density at radius 3 is 2.36 bits per heavy atom. The Morgan fingerprint density at radius 2 is 1.64 bits per heavy atom. The molecule has 5 nitrogen and oxygen atoms in total. The lowest BCUT2D eigenvalue weighted by Crippen LogP contribution is -2.20. The van der Waals surface area contributed by atoms with E-state index < -0.39 is 10.0 Å². The number of nitrogens with one attached hydrogen (secondary N) is 2. The van der Waals surface area contributed by atoms with Crippen LogP contribution in [0.2, 0.25) is 0 Å². The molecule has 0 aliphatic carbocycles. The average molecular weight is 354 g/mol. The van der Waals surface area contributed by atoms with Crippen LogP contribution in [0.25, 0.3) is 10.8 Å². The van der Waals surface area contributed by atoms with Crippen LogP contribution in [0.3, 0.4) is 0 Å². The van der Waals surface area contributed by atoms with Crippen molar-refractivity contribution in [2.75, 3.05) is 12.4 Å². The molecule has 0 saturated carbocycles. The molecule has 0 aliphatic rings. The third-order valence-electron chi connectivity index (χ3n) is 4.02. The molecule has 3 aromatic rings. The number of aryl methyl sites for hydroxylation is 1. The highest BCUT2D eigenvalue weighted by Gasteiger charge is 2.16. The van der Waals surface area contributed by atoms with E-state index >= 15 is 0 Å². The summed E-state index contributed by atoms with van der Waals surface area (Å²) in [4.78, 5) is 12.6. The van der Waals surface area contributed by atoms with Gasteiger partial charge >= 0.3 is 0 Å². The number of fused-ring (bicyclic) bond motifs is 1. The Bertz CT molecular complexity index is 1060. The Morgan fingerprint density at radius 1 is 0.920 bits per heavy atom. The van der Waals surface area contributed by atoms with Crippen LogP contribution in [-0.4, -0.2) is 21.4 Å². The van der Waals surface area contributed by atoms with E-state index in [1.54, 1.807) is 25.1 Å². The van der Waals surface area contributed by atoms with Gasteiger partial charge in [0.2, 0.25) is 10.0 Å². The van der Waals surface area contributed by atoms with Crippen molar-refractivity contribution >= 4 is 32.4 Å². The van der Waals surface area contributed by atoms with Gasteiger partial charge in [0.15, 0.2) is 0 Å². The number of anilines is 1. The molecule has 0 atom stereocenters. The smallest absolute Gasteiger partial charge is 0.255 e. The molecule has 25 heavy (non-hydrogen) atoms. The number of hydrogen-bond acceptors (Lipinski definition) is 3. The predicted molar refractivity (Wildman–Crippen MR) is 99.3 cm³/mol. The molecule has 1 amide bonds. The first-order valence-corrected chi connectivity index (χ1v) is 9.23. The first-order chi connectivity index (χ1) is 11.9. The molecule has 0 unspecified atom stereocenters. The minimum absolute atomic E-state index is 0.145. The molecule has 3 rings (SSSR count). The molecule has 0 radical (unpaired) electrons. The van der Waals surface area contributed by atoms with Gasteiger partial charge in [0.25, 0.3) is 5.91 Å². The lowest BCUT2D eigenvalue weighted by Gasteiger charge is -2.11. The third kappa shape index (κ3) is 3.55. The number of rotatable bonds is 4. The fraction of sp³-hybridized carbons (Fsp3) is 0.105. The van der Waals surface area contributed by atoms with Crippen LogP contribution in [0.4, 0.5) is 5.69 Å². The fourth-order valence-corrected chi connectivity index (χ4v) is 3.61. The fourth-order valence-electron chi connectivity index (χ4n) is 2.61. The summed E-state index contributed by atoms with van der Waals surface area (Å²) in [6, 6.07) is 18.0. The van der Waals surface area contributed by atoms with Gasteiger partial charge in [0, 0.05) is 11.3 Å². The van der Waals surface area contributed by atoms with Crippen molar-refractivity contribution in [3.63, 3.8) is 0 Å². The van der Waals surface area contributed by atoms with E-state index in [4.69, 9.17) is 0 Å². The van der Waals surface area contributed by atoms with E-state index in [0.717, 1.165) is 10.8 Å². The van der Waals surface area contributed by atoms with Crippen LogP contribution in [-0.2, 0) is 10.0 Å². The SMILES string of the molecule is CNS(=O)(=O)c1cc(NC(=O)c2ccc3ccccc3c2)ccc1C. The van der Waals surface area contributed by atoms with Crippen LogP contribution in [0.5, 0.6) is 0 Å². The van der Waals surface area contributed by atoms with Crippen molar-refractivity contribution in [2.24, 2.45) is 0 Å². The molecule has 0 saturated heterocycles. The summed E-state index contributed by atoms with van der Waals surface area (Å²) in [5.74, 6) is -0.289. The monoisotopic (exact) mass is 354 g/mol.